The average molecular weight is 132 g/mol. The van der Waals surface area contributed by atoms with Gasteiger partial charge in [0.05, 0.1) is 0 Å². The monoisotopic (exact) mass is 132 g/mol. The molecule has 0 bridgehead atoms. The molecule has 0 radical (unpaired) electrons. The van der Waals surface area contributed by atoms with E-state index in [4.69, 9.17) is 0 Å². The number of carbonyl (C=O) groups excluding carboxylic acids is 1. The highest BCUT2D eigenvalue weighted by atomic mass is 32.1. The van der Waals surface area contributed by atoms with Gasteiger partial charge in [-0.05, 0) is 6.42 Å². The molecule has 2 atom stereocenters. The second-order valence-corrected chi connectivity index (χ2v) is 2.38. The first kappa shape index (κ1) is 5.95. The van der Waals surface area contributed by atoms with Gasteiger partial charge in [-0.25, -0.2) is 0 Å². The topological polar surface area (TPSA) is 26.3 Å². The largest absolute Gasteiger partial charge is 0.460 e. The minimum Gasteiger partial charge on any atom is -0.460 e. The number of ether oxygens (including phenoxy) is 1. The van der Waals surface area contributed by atoms with E-state index in [9.17, 15) is 4.79 Å². The summed E-state index contributed by atoms with van der Waals surface area (Å²) < 4.78 is 4.69. The van der Waals surface area contributed by atoms with Crippen molar-refractivity contribution < 1.29 is 9.53 Å². The summed E-state index contributed by atoms with van der Waals surface area (Å²) in [7, 11) is 0. The average Bonchev–Trinajstić information content (AvgIpc) is 1.81. The Kier molecular flexibility index (Phi) is 1.47. The van der Waals surface area contributed by atoms with Gasteiger partial charge in [0, 0.05) is 0 Å². The number of carbonyl (C=O) groups is 1. The predicted octanol–water partition coefficient (Wildman–Crippen LogP) is 0.620. The van der Waals surface area contributed by atoms with Crippen LogP contribution in [0.25, 0.3) is 0 Å². The summed E-state index contributed by atoms with van der Waals surface area (Å²) in [5.74, 6) is -0.180. The third-order valence-electron chi connectivity index (χ3n) is 1.26. The molecule has 46 valence electrons. The van der Waals surface area contributed by atoms with Crippen LogP contribution in [0, 0.1) is 0 Å². The van der Waals surface area contributed by atoms with Crippen LogP contribution in [0.2, 0.25) is 0 Å². The molecule has 1 saturated heterocycles. The smallest absolute Gasteiger partial charge is 0.322 e. The van der Waals surface area contributed by atoms with E-state index in [0.717, 1.165) is 6.42 Å². The van der Waals surface area contributed by atoms with Gasteiger partial charge in [-0.3, -0.25) is 4.79 Å². The summed E-state index contributed by atoms with van der Waals surface area (Å²) in [4.78, 5) is 10.3. The number of thiol groups is 1. The molecule has 0 N–H and O–H groups in total. The second-order valence-electron chi connectivity index (χ2n) is 1.83. The van der Waals surface area contributed by atoms with E-state index in [1.165, 1.54) is 0 Å². The highest BCUT2D eigenvalue weighted by Gasteiger charge is 2.37. The molecular weight excluding hydrogens is 124 g/mol. The fourth-order valence-corrected chi connectivity index (χ4v) is 1.00. The van der Waals surface area contributed by atoms with E-state index in [1.54, 1.807) is 0 Å². The Morgan fingerprint density at radius 3 is 2.62 bits per heavy atom. The fraction of sp³-hybridized carbons (Fsp3) is 0.800. The van der Waals surface area contributed by atoms with Crippen molar-refractivity contribution in [2.24, 2.45) is 0 Å². The third kappa shape index (κ3) is 0.708. The van der Waals surface area contributed by atoms with Gasteiger partial charge in [0.25, 0.3) is 0 Å². The summed E-state index contributed by atoms with van der Waals surface area (Å²) in [6, 6.07) is 0. The van der Waals surface area contributed by atoms with Crippen LogP contribution >= 0.6 is 12.6 Å². The van der Waals surface area contributed by atoms with Crippen LogP contribution in [-0.2, 0) is 9.53 Å². The Bertz CT molecular complexity index is 113. The summed E-state index contributed by atoms with van der Waals surface area (Å²) in [5.41, 5.74) is 0. The Morgan fingerprint density at radius 2 is 2.50 bits per heavy atom. The van der Waals surface area contributed by atoms with Gasteiger partial charge in [0.2, 0.25) is 0 Å². The van der Waals surface area contributed by atoms with Gasteiger partial charge in [0.1, 0.15) is 11.4 Å². The lowest BCUT2D eigenvalue weighted by Crippen LogP contribution is -2.45. The van der Waals surface area contributed by atoms with E-state index in [1.807, 2.05) is 6.92 Å². The van der Waals surface area contributed by atoms with Gasteiger partial charge in [-0.1, -0.05) is 6.92 Å². The number of hydrogen-bond acceptors (Lipinski definition) is 3. The zero-order valence-electron chi connectivity index (χ0n) is 4.63. The molecule has 1 aliphatic heterocycles. The molecule has 2 unspecified atom stereocenters. The normalized spacial score (nSPS) is 36.0. The standard InChI is InChI=1S/C5H8O2S/c1-2-3-4(8)5(6)7-3/h3-4,8H,2H2,1H3. The van der Waals surface area contributed by atoms with E-state index < -0.39 is 0 Å². The molecule has 1 fully saturated rings. The number of esters is 1. The lowest BCUT2D eigenvalue weighted by atomic mass is 10.1. The first-order chi connectivity index (χ1) is 3.75. The maximum absolute atomic E-state index is 10.3. The third-order valence-corrected chi connectivity index (χ3v) is 1.81. The van der Waals surface area contributed by atoms with Crippen molar-refractivity contribution in [3.63, 3.8) is 0 Å². The molecule has 1 heterocycles. The minimum atomic E-state index is -0.180. The lowest BCUT2D eigenvalue weighted by Gasteiger charge is -2.30. The van der Waals surface area contributed by atoms with E-state index in [-0.39, 0.29) is 17.3 Å². The fourth-order valence-electron chi connectivity index (χ4n) is 0.669. The van der Waals surface area contributed by atoms with Crippen molar-refractivity contribution in [3.8, 4) is 0 Å². The van der Waals surface area contributed by atoms with Gasteiger partial charge >= 0.3 is 5.97 Å². The summed E-state index contributed by atoms with van der Waals surface area (Å²) >= 11 is 3.98. The van der Waals surface area contributed by atoms with Crippen molar-refractivity contribution >= 4 is 18.6 Å². The van der Waals surface area contributed by atoms with E-state index >= 15 is 0 Å². The van der Waals surface area contributed by atoms with E-state index in [2.05, 4.69) is 17.4 Å². The van der Waals surface area contributed by atoms with Crippen LogP contribution in [0.4, 0.5) is 0 Å². The molecule has 0 aromatic carbocycles. The first-order valence-corrected chi connectivity index (χ1v) is 3.16. The summed E-state index contributed by atoms with van der Waals surface area (Å²) in [5, 5.41) is -0.153. The van der Waals surface area contributed by atoms with E-state index in [0.29, 0.717) is 0 Å². The Morgan fingerprint density at radius 1 is 1.88 bits per heavy atom. The lowest BCUT2D eigenvalue weighted by molar-refractivity contribution is -0.167. The SMILES string of the molecule is CCC1OC(=O)C1S. The molecule has 1 aliphatic rings. The van der Waals surface area contributed by atoms with Crippen LogP contribution in [0.15, 0.2) is 0 Å². The second kappa shape index (κ2) is 1.97. The van der Waals surface area contributed by atoms with Crippen molar-refractivity contribution in [3.05, 3.63) is 0 Å². The Hall–Kier alpha value is -0.180. The maximum Gasteiger partial charge on any atom is 0.322 e. The van der Waals surface area contributed by atoms with Gasteiger partial charge in [-0.2, -0.15) is 12.6 Å². The van der Waals surface area contributed by atoms with Crippen LogP contribution in [0.1, 0.15) is 13.3 Å². The quantitative estimate of drug-likeness (QED) is 0.418. The molecule has 0 aliphatic carbocycles. The van der Waals surface area contributed by atoms with Crippen LogP contribution in [0.3, 0.4) is 0 Å². The van der Waals surface area contributed by atoms with Crippen LogP contribution in [-0.4, -0.2) is 17.3 Å². The molecule has 0 spiro atoms. The van der Waals surface area contributed by atoms with Gasteiger partial charge in [-0.15, -0.1) is 0 Å². The molecular formula is C5H8O2S. The zero-order chi connectivity index (χ0) is 6.15. The van der Waals surface area contributed by atoms with Crippen molar-refractivity contribution in [1.29, 1.82) is 0 Å². The van der Waals surface area contributed by atoms with Crippen LogP contribution in [0.5, 0.6) is 0 Å². The maximum atomic E-state index is 10.3. The summed E-state index contributed by atoms with van der Waals surface area (Å²) in [6.07, 6.45) is 0.950. The number of rotatable bonds is 1. The molecule has 3 heteroatoms. The van der Waals surface area contributed by atoms with Crippen molar-refractivity contribution in [2.75, 3.05) is 0 Å². The van der Waals surface area contributed by atoms with Crippen molar-refractivity contribution in [1.82, 2.24) is 0 Å². The van der Waals surface area contributed by atoms with Crippen molar-refractivity contribution in [2.45, 2.75) is 24.7 Å². The minimum absolute atomic E-state index is 0.0748. The van der Waals surface area contributed by atoms with Gasteiger partial charge in [0.15, 0.2) is 0 Å². The molecule has 1 rings (SSSR count). The zero-order valence-corrected chi connectivity index (χ0v) is 5.52. The Labute approximate surface area is 53.6 Å². The molecule has 0 aromatic rings. The Balaban J connectivity index is 2.35. The molecule has 2 nitrogen and oxygen atoms in total. The molecule has 0 amide bonds. The van der Waals surface area contributed by atoms with Gasteiger partial charge < -0.3 is 4.74 Å². The first-order valence-electron chi connectivity index (χ1n) is 2.64. The highest BCUT2D eigenvalue weighted by Crippen LogP contribution is 2.22. The molecule has 0 aromatic heterocycles. The highest BCUT2D eigenvalue weighted by molar-refractivity contribution is 7.82. The summed E-state index contributed by atoms with van der Waals surface area (Å²) in [6.45, 7) is 1.97. The number of hydrogen-bond donors (Lipinski definition) is 1. The molecule has 0 saturated carbocycles. The molecule has 8 heavy (non-hydrogen) atoms. The number of cyclic esters (lactones) is 1. The predicted molar refractivity (Wildman–Crippen MR) is 32.9 cm³/mol. The van der Waals surface area contributed by atoms with Crippen LogP contribution < -0.4 is 0 Å².